The van der Waals surface area contributed by atoms with E-state index in [-0.39, 0.29) is 108 Å². The smallest absolute Gasteiger partial charge is 0.466 e. The summed E-state index contributed by atoms with van der Waals surface area (Å²) in [4.78, 5) is 128. The van der Waals surface area contributed by atoms with Gasteiger partial charge in [0.2, 0.25) is 23.6 Å². The molecule has 2 aliphatic heterocycles. The van der Waals surface area contributed by atoms with Crippen LogP contribution in [0.4, 0.5) is 21.9 Å². The van der Waals surface area contributed by atoms with Crippen molar-refractivity contribution in [1.29, 1.82) is 0 Å². The normalized spacial score (nSPS) is 19.5. The Morgan fingerprint density at radius 1 is 0.777 bits per heavy atom. The van der Waals surface area contributed by atoms with Crippen LogP contribution in [0.5, 0.6) is 11.5 Å². The molecule has 3 aromatic carbocycles. The van der Waals surface area contributed by atoms with Gasteiger partial charge >= 0.3 is 13.9 Å². The number of phosphoric ester groups is 1. The second kappa shape index (κ2) is 29.6. The third kappa shape index (κ3) is 15.3. The monoisotopic (exact) mass is 1390 g/mol. The SMILES string of the molecule is CC(=O)C[C@@H](CCCCN)C(=O)N[C@H](C(=O)C[C@@H](CCCNC(N)=O)C(=O)Nc1ccc(COC(=S)N(C)CCN(C)C(=S)Oc2cc3c(c4c(C)c[nH]c24)[C@H](CCl)CN3C(=O)C23CC(C(=O)N4C[C@@H](CCl)c5c4cc(OP(=O)(O)O)c4[nH]cc(C)c54)(C2)C3)cc1)C(C)C. The predicted molar refractivity (Wildman–Crippen MR) is 368 cm³/mol. The third-order valence-corrected chi connectivity index (χ3v) is 20.7. The van der Waals surface area contributed by atoms with Crippen molar-refractivity contribution >= 4 is 146 Å². The van der Waals surface area contributed by atoms with E-state index in [4.69, 9.17) is 73.1 Å². The molecule has 0 unspecified atom stereocenters. The molecule has 0 saturated heterocycles. The number of phosphoric acid groups is 1. The lowest BCUT2D eigenvalue weighted by molar-refractivity contribution is -0.205. The van der Waals surface area contributed by atoms with Crippen LogP contribution in [0, 0.1) is 42.4 Å². The van der Waals surface area contributed by atoms with Gasteiger partial charge in [-0.1, -0.05) is 32.4 Å². The average molecular weight is 1390 g/mol. The van der Waals surface area contributed by atoms with Gasteiger partial charge in [0.1, 0.15) is 12.4 Å². The van der Waals surface area contributed by atoms with Crippen LogP contribution < -0.4 is 46.5 Å². The van der Waals surface area contributed by atoms with Gasteiger partial charge in [0.25, 0.3) is 10.3 Å². The number of fused-ring (bicyclic) bond motifs is 6. The van der Waals surface area contributed by atoms with Crippen molar-refractivity contribution in [1.82, 2.24) is 30.4 Å². The van der Waals surface area contributed by atoms with Crippen molar-refractivity contribution in [3.63, 3.8) is 0 Å². The number of nitrogens with zero attached hydrogens (tertiary/aromatic N) is 4. The average Bonchev–Trinajstić information content (AvgIpc) is 0.898. The van der Waals surface area contributed by atoms with E-state index in [1.807, 2.05) is 26.1 Å². The molecule has 94 heavy (non-hydrogen) atoms. The first kappa shape index (κ1) is 71.4. The number of likely N-dealkylation sites (N-methyl/N-ethyl adjacent to an activating group) is 2. The number of ether oxygens (including phenoxy) is 2. The van der Waals surface area contributed by atoms with Gasteiger partial charge in [0, 0.05) is 136 Å². The molecule has 11 N–H and O–H groups in total. The van der Waals surface area contributed by atoms with Gasteiger partial charge in [0.15, 0.2) is 17.3 Å². The van der Waals surface area contributed by atoms with Crippen LogP contribution in [-0.4, -0.2) is 152 Å². The maximum absolute atomic E-state index is 15.0. The van der Waals surface area contributed by atoms with E-state index >= 15 is 0 Å². The highest BCUT2D eigenvalue weighted by Gasteiger charge is 2.76. The number of nitrogens with two attached hydrogens (primary N) is 2. The zero-order chi connectivity index (χ0) is 68.3. The van der Waals surface area contributed by atoms with Crippen LogP contribution in [0.3, 0.4) is 0 Å². The zero-order valence-corrected chi connectivity index (χ0v) is 57.9. The number of anilines is 3. The van der Waals surface area contributed by atoms with Gasteiger partial charge in [-0.3, -0.25) is 33.8 Å². The van der Waals surface area contributed by atoms with E-state index in [1.165, 1.54) is 13.0 Å². The summed E-state index contributed by atoms with van der Waals surface area (Å²) in [7, 11) is -1.39. The van der Waals surface area contributed by atoms with Crippen LogP contribution in [0.1, 0.15) is 125 Å². The maximum atomic E-state index is 15.0. The maximum Gasteiger partial charge on any atom is 0.524 e. The molecule has 24 nitrogen and oxygen atoms in total. The molecule has 2 bridgehead atoms. The van der Waals surface area contributed by atoms with E-state index < -0.39 is 54.4 Å². The Morgan fingerprint density at radius 2 is 1.30 bits per heavy atom. The number of benzene rings is 3. The molecule has 3 fully saturated rings. The topological polar surface area (TPSA) is 337 Å². The third-order valence-electron chi connectivity index (χ3n) is 18.7. The number of alkyl halides is 2. The molecule has 0 spiro atoms. The molecular formula is C65H84Cl2N11O13PS2. The summed E-state index contributed by atoms with van der Waals surface area (Å²) in [5, 5.41) is 10.3. The summed E-state index contributed by atoms with van der Waals surface area (Å²) in [5.41, 5.74) is 16.3. The van der Waals surface area contributed by atoms with Crippen molar-refractivity contribution in [2.75, 3.05) is 80.2 Å². The van der Waals surface area contributed by atoms with Crippen molar-refractivity contribution in [3.8, 4) is 11.5 Å². The Bertz CT molecular complexity index is 3800. The second-order valence-electron chi connectivity index (χ2n) is 26.1. The summed E-state index contributed by atoms with van der Waals surface area (Å²) < 4.78 is 29.8. The first-order valence-corrected chi connectivity index (χ1v) is 35.0. The molecule has 0 radical (unpaired) electrons. The molecule has 3 aliphatic carbocycles. The van der Waals surface area contributed by atoms with E-state index in [2.05, 4.69) is 25.9 Å². The first-order chi connectivity index (χ1) is 44.5. The molecule has 508 valence electrons. The molecule has 29 heteroatoms. The number of amides is 6. The van der Waals surface area contributed by atoms with E-state index in [1.54, 1.807) is 78.0 Å². The lowest BCUT2D eigenvalue weighted by Gasteiger charge is -2.69. The molecule has 5 aromatic rings. The van der Waals surface area contributed by atoms with E-state index in [0.717, 1.165) is 33.2 Å². The number of hydrogen-bond acceptors (Lipinski definition) is 14. The van der Waals surface area contributed by atoms with Gasteiger partial charge in [0.05, 0.1) is 39.3 Å². The number of Topliss-reactive ketones (excluding diaryl/α,β-unsaturated/α-hetero) is 2. The molecule has 4 heterocycles. The summed E-state index contributed by atoms with van der Waals surface area (Å²) >= 11 is 24.8. The highest BCUT2D eigenvalue weighted by Crippen LogP contribution is 2.75. The Kier molecular flexibility index (Phi) is 22.5. The van der Waals surface area contributed by atoms with Crippen LogP contribution in [-0.2, 0) is 44.7 Å². The number of aromatic nitrogens is 2. The lowest BCUT2D eigenvalue weighted by atomic mass is 9.34. The van der Waals surface area contributed by atoms with Crippen LogP contribution in [0.25, 0.3) is 21.8 Å². The predicted octanol–water partition coefficient (Wildman–Crippen LogP) is 8.80. The van der Waals surface area contributed by atoms with Gasteiger partial charge in [-0.05, 0) is 143 Å². The quantitative estimate of drug-likeness (QED) is 0.00897. The van der Waals surface area contributed by atoms with Crippen LogP contribution in [0.2, 0.25) is 0 Å². The fourth-order valence-corrected chi connectivity index (χ4v) is 15.2. The number of nitrogens with one attached hydrogen (secondary N) is 5. The first-order valence-electron chi connectivity index (χ1n) is 31.6. The lowest BCUT2D eigenvalue weighted by Crippen LogP contribution is -2.73. The number of aryl methyl sites for hydroxylation is 2. The summed E-state index contributed by atoms with van der Waals surface area (Å²) in [5.74, 6) is -2.99. The van der Waals surface area contributed by atoms with Gasteiger partial charge < -0.3 is 75.8 Å². The number of ketones is 2. The Labute approximate surface area is 566 Å². The van der Waals surface area contributed by atoms with Crippen molar-refractivity contribution in [2.24, 2.45) is 40.1 Å². The number of urea groups is 1. The number of carbonyl (C=O) groups is 7. The fourth-order valence-electron chi connectivity index (χ4n) is 13.9. The second-order valence-corrected chi connectivity index (χ2v) is 28.6. The molecule has 10 rings (SSSR count). The van der Waals surface area contributed by atoms with Crippen LogP contribution in [0.15, 0.2) is 48.8 Å². The number of H-pyrrole nitrogens is 2. The summed E-state index contributed by atoms with van der Waals surface area (Å²) in [6.45, 7) is 11.0. The number of carbonyl (C=O) groups excluding carboxylic acids is 7. The molecule has 5 atom stereocenters. The van der Waals surface area contributed by atoms with Gasteiger partial charge in [-0.25, -0.2) is 9.36 Å². The zero-order valence-electron chi connectivity index (χ0n) is 53.9. The molecule has 6 amide bonds. The number of aromatic amines is 2. The fraction of sp³-hybridized carbons (Fsp3) is 0.523. The number of rotatable bonds is 30. The van der Waals surface area contributed by atoms with E-state index in [0.29, 0.717) is 110 Å². The number of primary amides is 1. The molecular weight excluding hydrogens is 1310 g/mol. The minimum Gasteiger partial charge on any atom is -0.466 e. The number of hydrogen-bond donors (Lipinski definition) is 9. The van der Waals surface area contributed by atoms with Crippen molar-refractivity contribution in [2.45, 2.75) is 123 Å². The van der Waals surface area contributed by atoms with E-state index in [9.17, 15) is 47.9 Å². The van der Waals surface area contributed by atoms with Crippen molar-refractivity contribution < 1.29 is 61.9 Å². The highest BCUT2D eigenvalue weighted by molar-refractivity contribution is 7.80. The minimum absolute atomic E-state index is 0.0397. The Hall–Kier alpha value is -6.90. The number of unbranched alkanes of at least 4 members (excludes halogenated alkanes) is 1. The van der Waals surface area contributed by atoms with Gasteiger partial charge in [-0.15, -0.1) is 23.2 Å². The minimum atomic E-state index is -4.97. The summed E-state index contributed by atoms with van der Waals surface area (Å²) in [6, 6.07) is 8.67. The standard InChI is InChI=1S/C65H84Cl2N11O13PS2/c1-35(2)54(74-58(82)40(21-38(5)79)11-8-9-17-68)47(80)22-41(12-10-18-70-61(69)85)57(81)73-44-15-13-39(14-16-44)31-89-62(93)75(6)19-20-76(7)63(94)90-48-23-45-52(50-36(3)27-71-55(48)50)42(25-66)29-77(45)59(83)64-32-65(33-64,34-64)60(84)78-30-43(26-67)53-46(78)24-49(91-92(86,87)88)56-51(53)37(4)28-72-56/h13-16,23-24,27-28,35,40-43,54,71-72H,8-12,17-22,25-26,29-34,68H2,1-7H3,(H,73,81)(H,74,82)(H3,69,70,85)(H2,86,87,88)/t40-,41-,42-,43-,54+,64?,65?/m1/s1. The Morgan fingerprint density at radius 3 is 1.81 bits per heavy atom. The molecule has 5 aliphatic rings. The number of halogens is 2. The largest absolute Gasteiger partial charge is 0.524 e. The van der Waals surface area contributed by atoms with Gasteiger partial charge in [-0.2, -0.15) is 0 Å². The molecule has 2 aromatic heterocycles. The van der Waals surface area contributed by atoms with Crippen LogP contribution >= 0.6 is 55.5 Å². The number of thiocarbonyl (C=S) groups is 2. The highest BCUT2D eigenvalue weighted by atomic mass is 35.5. The summed E-state index contributed by atoms with van der Waals surface area (Å²) in [6.07, 6.45) is 6.82. The Balaban J connectivity index is 0.788. The van der Waals surface area contributed by atoms with Crippen molar-refractivity contribution in [3.05, 3.63) is 76.6 Å². The molecule has 3 saturated carbocycles.